The lowest BCUT2D eigenvalue weighted by molar-refractivity contribution is -0.150. The largest absolute Gasteiger partial charge is 0.380 e. The summed E-state index contributed by atoms with van der Waals surface area (Å²) in [6.45, 7) is 0.343. The van der Waals surface area contributed by atoms with Crippen molar-refractivity contribution in [2.45, 2.75) is 12.2 Å². The minimum Gasteiger partial charge on any atom is -0.380 e. The molecule has 0 aliphatic carbocycles. The molecule has 4 aromatic rings. The molecule has 33 heavy (non-hydrogen) atoms. The first kappa shape index (κ1) is 20.7. The fraction of sp³-hybridized carbons (Fsp3) is 0.182. The normalized spacial score (nSPS) is 17.4. The van der Waals surface area contributed by atoms with E-state index in [2.05, 4.69) is 15.5 Å². The summed E-state index contributed by atoms with van der Waals surface area (Å²) < 4.78 is 10.5. The average Bonchev–Trinajstić information content (AvgIpc) is 3.18. The Balaban J connectivity index is 1.37. The van der Waals surface area contributed by atoms with Gasteiger partial charge >= 0.3 is 0 Å². The number of benzene rings is 2. The summed E-state index contributed by atoms with van der Waals surface area (Å²) in [5, 5.41) is 18.1. The monoisotopic (exact) mass is 449 g/mol. The number of aliphatic hydroxyl groups is 1. The van der Waals surface area contributed by atoms with Gasteiger partial charge in [-0.1, -0.05) is 11.2 Å². The van der Waals surface area contributed by atoms with Crippen LogP contribution in [-0.4, -0.2) is 52.4 Å². The van der Waals surface area contributed by atoms with E-state index in [0.29, 0.717) is 33.2 Å². The number of amides is 2. The van der Waals surface area contributed by atoms with Gasteiger partial charge in [-0.3, -0.25) is 14.4 Å². The molecular formula is C22H19N5O6. The molecule has 1 fully saturated rings. The minimum absolute atomic E-state index is 0.115. The van der Waals surface area contributed by atoms with Crippen molar-refractivity contribution < 1.29 is 24.0 Å². The first-order valence-corrected chi connectivity index (χ1v) is 10.1. The van der Waals surface area contributed by atoms with Crippen LogP contribution in [0.4, 0.5) is 17.2 Å². The molecule has 5 rings (SSSR count). The highest BCUT2D eigenvalue weighted by Crippen LogP contribution is 2.28. The quantitative estimate of drug-likeness (QED) is 0.358. The van der Waals surface area contributed by atoms with Crippen molar-refractivity contribution in [1.29, 1.82) is 0 Å². The van der Waals surface area contributed by atoms with Gasteiger partial charge in [0.25, 0.3) is 11.8 Å². The SMILES string of the molecule is Nc1noc2cc(NC(=O)[C@H](O)C3OCCN(c4cccc5[nH]c(=O)ccc45)C3=O)ccc12. The van der Waals surface area contributed by atoms with Crippen LogP contribution in [0.15, 0.2) is 57.8 Å². The van der Waals surface area contributed by atoms with E-state index in [9.17, 15) is 19.5 Å². The number of H-pyrrole nitrogens is 1. The number of aromatic nitrogens is 2. The molecule has 2 atom stereocenters. The Labute approximate surface area is 185 Å². The third-order valence-corrected chi connectivity index (χ3v) is 5.48. The van der Waals surface area contributed by atoms with Gasteiger partial charge in [0.15, 0.2) is 23.6 Å². The molecule has 0 spiro atoms. The number of pyridine rings is 1. The van der Waals surface area contributed by atoms with Crippen molar-refractivity contribution >= 4 is 50.9 Å². The predicted octanol–water partition coefficient (Wildman–Crippen LogP) is 0.983. The molecule has 2 amide bonds. The minimum atomic E-state index is -1.76. The van der Waals surface area contributed by atoms with E-state index in [4.69, 9.17) is 15.0 Å². The summed E-state index contributed by atoms with van der Waals surface area (Å²) in [5.74, 6) is -1.16. The Morgan fingerprint density at radius 2 is 2.03 bits per heavy atom. The number of aliphatic hydroxyl groups excluding tert-OH is 1. The third kappa shape index (κ3) is 3.69. The molecule has 2 aromatic heterocycles. The van der Waals surface area contributed by atoms with Crippen LogP contribution in [-0.2, 0) is 14.3 Å². The molecule has 1 saturated heterocycles. The summed E-state index contributed by atoms with van der Waals surface area (Å²) in [5.41, 5.74) is 7.23. The van der Waals surface area contributed by atoms with Gasteiger partial charge in [0.05, 0.1) is 23.2 Å². The zero-order valence-electron chi connectivity index (χ0n) is 17.1. The van der Waals surface area contributed by atoms with E-state index in [0.717, 1.165) is 0 Å². The molecule has 1 aliphatic heterocycles. The lowest BCUT2D eigenvalue weighted by Crippen LogP contribution is -2.55. The highest BCUT2D eigenvalue weighted by molar-refractivity contribution is 6.08. The van der Waals surface area contributed by atoms with Gasteiger partial charge in [0.2, 0.25) is 5.56 Å². The first-order valence-electron chi connectivity index (χ1n) is 10.1. The molecule has 1 aliphatic rings. The van der Waals surface area contributed by atoms with Gasteiger partial charge in [-0.05, 0) is 30.3 Å². The van der Waals surface area contributed by atoms with Crippen LogP contribution in [0, 0.1) is 0 Å². The van der Waals surface area contributed by atoms with Crippen LogP contribution in [0.2, 0.25) is 0 Å². The molecule has 11 nitrogen and oxygen atoms in total. The number of rotatable bonds is 4. The van der Waals surface area contributed by atoms with Crippen molar-refractivity contribution in [3.63, 3.8) is 0 Å². The van der Waals surface area contributed by atoms with Gasteiger partial charge in [0.1, 0.15) is 0 Å². The molecule has 168 valence electrons. The van der Waals surface area contributed by atoms with Crippen LogP contribution < -0.4 is 21.5 Å². The number of fused-ring (bicyclic) bond motifs is 2. The van der Waals surface area contributed by atoms with Crippen LogP contribution in [0.3, 0.4) is 0 Å². The number of nitrogens with one attached hydrogen (secondary N) is 2. The predicted molar refractivity (Wildman–Crippen MR) is 120 cm³/mol. The zero-order chi connectivity index (χ0) is 23.1. The zero-order valence-corrected chi connectivity index (χ0v) is 17.1. The summed E-state index contributed by atoms with van der Waals surface area (Å²) in [6, 6.07) is 12.9. The van der Waals surface area contributed by atoms with Crippen LogP contribution >= 0.6 is 0 Å². The number of ether oxygens (including phenoxy) is 1. The smallest absolute Gasteiger partial charge is 0.259 e. The van der Waals surface area contributed by atoms with Crippen LogP contribution in [0.25, 0.3) is 21.9 Å². The number of hydrogen-bond acceptors (Lipinski definition) is 8. The van der Waals surface area contributed by atoms with E-state index >= 15 is 0 Å². The summed E-state index contributed by atoms with van der Waals surface area (Å²) >= 11 is 0. The summed E-state index contributed by atoms with van der Waals surface area (Å²) in [6.07, 6.45) is -3.16. The lowest BCUT2D eigenvalue weighted by Gasteiger charge is -2.34. The molecular weight excluding hydrogens is 430 g/mol. The second kappa shape index (κ2) is 8.04. The van der Waals surface area contributed by atoms with Crippen LogP contribution in [0.1, 0.15) is 0 Å². The van der Waals surface area contributed by atoms with Gasteiger partial charge in [-0.25, -0.2) is 0 Å². The summed E-state index contributed by atoms with van der Waals surface area (Å²) in [4.78, 5) is 41.6. The maximum atomic E-state index is 13.2. The van der Waals surface area contributed by atoms with E-state index in [1.54, 1.807) is 36.4 Å². The number of nitrogens with zero attached hydrogens (tertiary/aromatic N) is 2. The van der Waals surface area contributed by atoms with Crippen molar-refractivity contribution in [2.75, 3.05) is 29.1 Å². The number of nitrogens with two attached hydrogens (primary N) is 1. The number of anilines is 3. The Kier molecular flexibility index (Phi) is 5.04. The maximum absolute atomic E-state index is 13.2. The molecule has 1 unspecified atom stereocenters. The number of carbonyl (C=O) groups excluding carboxylic acids is 2. The van der Waals surface area contributed by atoms with Gasteiger partial charge in [-0.15, -0.1) is 0 Å². The van der Waals surface area contributed by atoms with E-state index < -0.39 is 24.0 Å². The first-order chi connectivity index (χ1) is 15.9. The van der Waals surface area contributed by atoms with E-state index in [-0.39, 0.29) is 24.5 Å². The fourth-order valence-electron chi connectivity index (χ4n) is 3.87. The topological polar surface area (TPSA) is 164 Å². The fourth-order valence-corrected chi connectivity index (χ4v) is 3.87. The molecule has 2 aromatic carbocycles. The average molecular weight is 449 g/mol. The second-order valence-electron chi connectivity index (χ2n) is 7.56. The Bertz CT molecular complexity index is 1440. The lowest BCUT2D eigenvalue weighted by atomic mass is 10.1. The maximum Gasteiger partial charge on any atom is 0.259 e. The Morgan fingerprint density at radius 3 is 2.88 bits per heavy atom. The molecule has 5 N–H and O–H groups in total. The molecule has 0 saturated carbocycles. The second-order valence-corrected chi connectivity index (χ2v) is 7.56. The van der Waals surface area contributed by atoms with Crippen molar-refractivity contribution in [1.82, 2.24) is 10.1 Å². The van der Waals surface area contributed by atoms with Crippen LogP contribution in [0.5, 0.6) is 0 Å². The summed E-state index contributed by atoms with van der Waals surface area (Å²) in [7, 11) is 0. The number of aromatic amines is 1. The molecule has 0 bridgehead atoms. The van der Waals surface area contributed by atoms with E-state index in [1.807, 2.05) is 0 Å². The van der Waals surface area contributed by atoms with Gasteiger partial charge in [-0.2, -0.15) is 0 Å². The highest BCUT2D eigenvalue weighted by Gasteiger charge is 2.39. The third-order valence-electron chi connectivity index (χ3n) is 5.48. The van der Waals surface area contributed by atoms with E-state index in [1.165, 1.54) is 17.0 Å². The van der Waals surface area contributed by atoms with Crippen molar-refractivity contribution in [3.8, 4) is 0 Å². The molecule has 11 heteroatoms. The Morgan fingerprint density at radius 1 is 1.21 bits per heavy atom. The highest BCUT2D eigenvalue weighted by atomic mass is 16.5. The molecule has 3 heterocycles. The number of carbonyl (C=O) groups is 2. The Hall–Kier alpha value is -4.22. The number of nitrogen functional groups attached to an aromatic ring is 1. The van der Waals surface area contributed by atoms with Crippen molar-refractivity contribution in [2.24, 2.45) is 0 Å². The number of hydrogen-bond donors (Lipinski definition) is 4. The van der Waals surface area contributed by atoms with Crippen molar-refractivity contribution in [3.05, 3.63) is 58.9 Å². The molecule has 0 radical (unpaired) electrons. The number of morpholine rings is 1. The van der Waals surface area contributed by atoms with Gasteiger partial charge < -0.3 is 35.3 Å². The standard InChI is InChI=1S/C22H19N5O6/c23-20-13-5-4-11(10-16(13)33-26-20)24-21(30)18(29)19-22(31)27(8-9-32-19)15-3-1-2-14-12(15)6-7-17(28)25-14/h1-7,10,18-19,29H,8-9H2,(H2,23,26)(H,24,30)(H,25,28)/t18-,19?/m1/s1. The van der Waals surface area contributed by atoms with Gasteiger partial charge in [0, 0.05) is 29.8 Å².